The summed E-state index contributed by atoms with van der Waals surface area (Å²) >= 11 is 0. The lowest BCUT2D eigenvalue weighted by Gasteiger charge is -2.37. The van der Waals surface area contributed by atoms with Crippen molar-refractivity contribution in [2.24, 2.45) is 17.8 Å². The zero-order valence-electron chi connectivity index (χ0n) is 17.4. The topological polar surface area (TPSA) is 0 Å². The molecule has 4 rings (SSSR count). The van der Waals surface area contributed by atoms with Crippen LogP contribution in [0.1, 0.15) is 69.8 Å². The molecule has 0 N–H and O–H groups in total. The summed E-state index contributed by atoms with van der Waals surface area (Å²) in [5.41, 5.74) is 3.07. The van der Waals surface area contributed by atoms with Crippen molar-refractivity contribution in [2.75, 3.05) is 0 Å². The Morgan fingerprint density at radius 2 is 1.28 bits per heavy atom. The quantitative estimate of drug-likeness (QED) is 0.458. The molecule has 0 saturated heterocycles. The van der Waals surface area contributed by atoms with E-state index in [1.165, 1.54) is 69.1 Å². The lowest BCUT2D eigenvalue weighted by atomic mass is 9.68. The third kappa shape index (κ3) is 4.79. The maximum absolute atomic E-state index is 13.5. The van der Waals surface area contributed by atoms with Crippen LogP contribution in [0.5, 0.6) is 0 Å². The molecule has 154 valence electrons. The van der Waals surface area contributed by atoms with Crippen LogP contribution < -0.4 is 0 Å². The first-order valence-electron chi connectivity index (χ1n) is 11.3. The average Bonchev–Trinajstić information content (AvgIpc) is 2.77. The highest BCUT2D eigenvalue weighted by Gasteiger charge is 2.30. The largest absolute Gasteiger partial charge is 0.204 e. The standard InChI is InChI=1S/C27H32F2/c1-2-3-19-4-6-20(7-5-19)21-8-10-22(11-9-21)23-12-14-24(15-13-23)25-16-17-26(28)27(29)18-25/h2-3,12-22H,4-11H2,1H3/t19-,20-,21?,22?. The molecular formula is C27H32F2. The van der Waals surface area contributed by atoms with Gasteiger partial charge in [0.15, 0.2) is 11.6 Å². The zero-order valence-corrected chi connectivity index (χ0v) is 17.4. The van der Waals surface area contributed by atoms with E-state index in [1.807, 2.05) is 0 Å². The molecule has 0 radical (unpaired) electrons. The molecule has 0 bridgehead atoms. The van der Waals surface area contributed by atoms with Crippen LogP contribution in [0.3, 0.4) is 0 Å². The summed E-state index contributed by atoms with van der Waals surface area (Å²) in [7, 11) is 0. The van der Waals surface area contributed by atoms with Gasteiger partial charge in [-0.3, -0.25) is 0 Å². The molecule has 2 saturated carbocycles. The summed E-state index contributed by atoms with van der Waals surface area (Å²) in [5.74, 6) is 1.74. The molecule has 29 heavy (non-hydrogen) atoms. The van der Waals surface area contributed by atoms with Crippen LogP contribution >= 0.6 is 0 Å². The maximum atomic E-state index is 13.5. The number of allylic oxidation sites excluding steroid dienone is 2. The van der Waals surface area contributed by atoms with Crippen LogP contribution in [0.4, 0.5) is 8.78 Å². The number of benzene rings is 2. The third-order valence-electron chi connectivity index (χ3n) is 7.35. The van der Waals surface area contributed by atoms with Crippen LogP contribution in [0.25, 0.3) is 11.1 Å². The summed E-state index contributed by atoms with van der Waals surface area (Å²) in [5, 5.41) is 0. The molecule has 0 unspecified atom stereocenters. The van der Waals surface area contributed by atoms with Gasteiger partial charge in [0.1, 0.15) is 0 Å². The van der Waals surface area contributed by atoms with Gasteiger partial charge in [0, 0.05) is 0 Å². The molecule has 0 atom stereocenters. The van der Waals surface area contributed by atoms with E-state index in [-0.39, 0.29) is 0 Å². The Morgan fingerprint density at radius 1 is 0.690 bits per heavy atom. The van der Waals surface area contributed by atoms with Crippen molar-refractivity contribution in [1.82, 2.24) is 0 Å². The van der Waals surface area contributed by atoms with Crippen molar-refractivity contribution in [3.63, 3.8) is 0 Å². The average molecular weight is 395 g/mol. The van der Waals surface area contributed by atoms with E-state index in [0.29, 0.717) is 5.92 Å². The zero-order chi connectivity index (χ0) is 20.2. The molecule has 2 aliphatic carbocycles. The van der Waals surface area contributed by atoms with Crippen LogP contribution in [-0.2, 0) is 0 Å². The second-order valence-corrected chi connectivity index (χ2v) is 9.06. The fraction of sp³-hybridized carbons (Fsp3) is 0.481. The maximum Gasteiger partial charge on any atom is 0.159 e. The van der Waals surface area contributed by atoms with E-state index in [1.54, 1.807) is 6.07 Å². The monoisotopic (exact) mass is 394 g/mol. The van der Waals surface area contributed by atoms with Crippen molar-refractivity contribution in [2.45, 2.75) is 64.2 Å². The Hall–Kier alpha value is -1.96. The molecule has 0 amide bonds. The van der Waals surface area contributed by atoms with Crippen LogP contribution in [-0.4, -0.2) is 0 Å². The van der Waals surface area contributed by atoms with Gasteiger partial charge in [-0.2, -0.15) is 0 Å². The first kappa shape index (κ1) is 20.3. The minimum absolute atomic E-state index is 0.643. The van der Waals surface area contributed by atoms with E-state index < -0.39 is 11.6 Å². The van der Waals surface area contributed by atoms with Crippen LogP contribution in [0.2, 0.25) is 0 Å². The van der Waals surface area contributed by atoms with Crippen molar-refractivity contribution in [3.05, 3.63) is 71.8 Å². The highest BCUT2D eigenvalue weighted by molar-refractivity contribution is 5.63. The molecule has 2 heteroatoms. The summed E-state index contributed by atoms with van der Waals surface area (Å²) in [4.78, 5) is 0. The fourth-order valence-corrected chi connectivity index (χ4v) is 5.63. The molecule has 0 heterocycles. The van der Waals surface area contributed by atoms with Gasteiger partial charge in [0.25, 0.3) is 0 Å². The van der Waals surface area contributed by atoms with Gasteiger partial charge in [-0.1, -0.05) is 42.5 Å². The van der Waals surface area contributed by atoms with E-state index in [4.69, 9.17) is 0 Å². The fourth-order valence-electron chi connectivity index (χ4n) is 5.63. The molecule has 2 aromatic rings. The van der Waals surface area contributed by atoms with Gasteiger partial charge >= 0.3 is 0 Å². The SMILES string of the molecule is CC=C[C@H]1CC[C@H](C2CCC(c3ccc(-c4ccc(F)c(F)c4)cc3)CC2)CC1. The first-order valence-corrected chi connectivity index (χ1v) is 11.3. The molecular weight excluding hydrogens is 362 g/mol. The Morgan fingerprint density at radius 3 is 1.86 bits per heavy atom. The molecule has 0 aromatic heterocycles. The number of rotatable bonds is 4. The molecule has 2 aromatic carbocycles. The van der Waals surface area contributed by atoms with Gasteiger partial charge in [0.05, 0.1) is 0 Å². The van der Waals surface area contributed by atoms with Crippen LogP contribution in [0, 0.1) is 29.4 Å². The summed E-state index contributed by atoms with van der Waals surface area (Å²) in [6.07, 6.45) is 15.5. The molecule has 0 aliphatic heterocycles. The summed E-state index contributed by atoms with van der Waals surface area (Å²) in [6, 6.07) is 12.6. The Labute approximate surface area is 174 Å². The van der Waals surface area contributed by atoms with Gasteiger partial charge < -0.3 is 0 Å². The van der Waals surface area contributed by atoms with Crippen molar-refractivity contribution >= 4 is 0 Å². The predicted octanol–water partition coefficient (Wildman–Crippen LogP) is 8.29. The second-order valence-electron chi connectivity index (χ2n) is 9.06. The summed E-state index contributed by atoms with van der Waals surface area (Å²) in [6.45, 7) is 2.14. The van der Waals surface area contributed by atoms with E-state index in [2.05, 4.69) is 43.3 Å². The third-order valence-corrected chi connectivity index (χ3v) is 7.35. The Balaban J connectivity index is 1.32. The Bertz CT molecular complexity index is 820. The molecule has 2 aliphatic rings. The Kier molecular flexibility index (Phi) is 6.47. The number of hydrogen-bond donors (Lipinski definition) is 0. The van der Waals surface area contributed by atoms with Gasteiger partial charge in [-0.25, -0.2) is 8.78 Å². The van der Waals surface area contributed by atoms with Gasteiger partial charge in [-0.15, -0.1) is 0 Å². The minimum Gasteiger partial charge on any atom is -0.204 e. The first-order chi connectivity index (χ1) is 14.1. The second kappa shape index (κ2) is 9.24. The van der Waals surface area contributed by atoms with E-state index >= 15 is 0 Å². The predicted molar refractivity (Wildman–Crippen MR) is 117 cm³/mol. The molecule has 0 spiro atoms. The van der Waals surface area contributed by atoms with E-state index in [9.17, 15) is 8.78 Å². The van der Waals surface area contributed by atoms with E-state index in [0.717, 1.165) is 28.9 Å². The van der Waals surface area contributed by atoms with Crippen LogP contribution in [0.15, 0.2) is 54.6 Å². The van der Waals surface area contributed by atoms with Crippen molar-refractivity contribution < 1.29 is 8.78 Å². The number of hydrogen-bond acceptors (Lipinski definition) is 0. The number of halogens is 2. The molecule has 2 fully saturated rings. The van der Waals surface area contributed by atoms with Gasteiger partial charge in [0.2, 0.25) is 0 Å². The highest BCUT2D eigenvalue weighted by Crippen LogP contribution is 2.44. The smallest absolute Gasteiger partial charge is 0.159 e. The lowest BCUT2D eigenvalue weighted by Crippen LogP contribution is -2.25. The highest BCUT2D eigenvalue weighted by atomic mass is 19.2. The lowest BCUT2D eigenvalue weighted by molar-refractivity contribution is 0.171. The summed E-state index contributed by atoms with van der Waals surface area (Å²) < 4.78 is 26.7. The minimum atomic E-state index is -0.794. The van der Waals surface area contributed by atoms with Crippen molar-refractivity contribution in [1.29, 1.82) is 0 Å². The van der Waals surface area contributed by atoms with Crippen molar-refractivity contribution in [3.8, 4) is 11.1 Å². The van der Waals surface area contributed by atoms with Gasteiger partial charge in [-0.05, 0) is 111 Å². The normalized spacial score (nSPS) is 28.0. The molecule has 0 nitrogen and oxygen atoms in total.